The van der Waals surface area contributed by atoms with Gasteiger partial charge in [0.15, 0.2) is 0 Å². The fourth-order valence-electron chi connectivity index (χ4n) is 2.21. The zero-order valence-corrected chi connectivity index (χ0v) is 15.3. The summed E-state index contributed by atoms with van der Waals surface area (Å²) in [5, 5.41) is 26.9. The zero-order chi connectivity index (χ0) is 19.8. The number of carbonyl (C=O) groups is 1. The van der Waals surface area contributed by atoms with Gasteiger partial charge in [-0.05, 0) is 25.1 Å². The molecule has 10 heteroatoms. The summed E-state index contributed by atoms with van der Waals surface area (Å²) in [4.78, 5) is 33.5. The third kappa shape index (κ3) is 5.96. The van der Waals surface area contributed by atoms with Crippen molar-refractivity contribution in [2.24, 2.45) is 0 Å². The van der Waals surface area contributed by atoms with Gasteiger partial charge in [0, 0.05) is 36.2 Å². The predicted octanol–water partition coefficient (Wildman–Crippen LogP) is 3.21. The molecule has 2 aromatic carbocycles. The maximum absolute atomic E-state index is 12.1. The van der Waals surface area contributed by atoms with Crippen LogP contribution in [0.5, 0.6) is 0 Å². The van der Waals surface area contributed by atoms with Crippen LogP contribution in [0.25, 0.3) is 0 Å². The Hall–Kier alpha value is -3.14. The van der Waals surface area contributed by atoms with E-state index in [1.807, 2.05) is 0 Å². The number of benzene rings is 2. The van der Waals surface area contributed by atoms with E-state index in [4.69, 9.17) is 0 Å². The summed E-state index contributed by atoms with van der Waals surface area (Å²) in [6, 6.07) is 12.3. The van der Waals surface area contributed by atoms with Gasteiger partial charge in [-0.25, -0.2) is 0 Å². The number of non-ortho nitro benzene ring substituents is 1. The van der Waals surface area contributed by atoms with Crippen molar-refractivity contribution >= 4 is 34.7 Å². The smallest absolute Gasteiger partial charge is 0.292 e. The third-order valence-electron chi connectivity index (χ3n) is 3.57. The van der Waals surface area contributed by atoms with E-state index < -0.39 is 15.1 Å². The summed E-state index contributed by atoms with van der Waals surface area (Å²) in [5.41, 5.74) is 0.369. The molecule has 0 radical (unpaired) electrons. The minimum Gasteiger partial charge on any atom is -0.378 e. The number of amides is 1. The van der Waals surface area contributed by atoms with Crippen molar-refractivity contribution in [1.29, 1.82) is 0 Å². The van der Waals surface area contributed by atoms with Gasteiger partial charge in [-0.3, -0.25) is 25.0 Å². The number of nitrogens with zero attached hydrogens (tertiary/aromatic N) is 2. The first kappa shape index (κ1) is 20.2. The minimum atomic E-state index is -0.478. The van der Waals surface area contributed by atoms with E-state index in [0.29, 0.717) is 18.8 Å². The van der Waals surface area contributed by atoms with Gasteiger partial charge in [-0.15, -0.1) is 11.8 Å². The maximum Gasteiger partial charge on any atom is 0.292 e. The minimum absolute atomic E-state index is 0.00228. The number of carbonyl (C=O) groups excluding carboxylic acids is 1. The quantitative estimate of drug-likeness (QED) is 0.291. The number of hydrogen-bond acceptors (Lipinski definition) is 7. The normalized spacial score (nSPS) is 11.4. The SMILES string of the molecule is C[C@H](Sc1ccc([N+](=O)[O-])cc1)C(=O)NCCNc1ccccc1[N+](=O)[O-]. The number of hydrogen-bond donors (Lipinski definition) is 2. The molecule has 0 aliphatic carbocycles. The largest absolute Gasteiger partial charge is 0.378 e. The van der Waals surface area contributed by atoms with Gasteiger partial charge in [-0.2, -0.15) is 0 Å². The number of nitro benzene ring substituents is 2. The lowest BCUT2D eigenvalue weighted by Gasteiger charge is -2.12. The second-order valence-electron chi connectivity index (χ2n) is 5.50. The lowest BCUT2D eigenvalue weighted by molar-refractivity contribution is -0.384. The summed E-state index contributed by atoms with van der Waals surface area (Å²) in [6.07, 6.45) is 0. The van der Waals surface area contributed by atoms with Crippen molar-refractivity contribution in [3.63, 3.8) is 0 Å². The van der Waals surface area contributed by atoms with E-state index in [2.05, 4.69) is 10.6 Å². The van der Waals surface area contributed by atoms with Crippen molar-refractivity contribution in [2.45, 2.75) is 17.1 Å². The molecule has 2 N–H and O–H groups in total. The first-order chi connectivity index (χ1) is 12.9. The highest BCUT2D eigenvalue weighted by Gasteiger charge is 2.15. The van der Waals surface area contributed by atoms with E-state index in [-0.39, 0.29) is 17.3 Å². The molecule has 0 aliphatic rings. The molecule has 0 fully saturated rings. The highest BCUT2D eigenvalue weighted by Crippen LogP contribution is 2.25. The standard InChI is InChI=1S/C17H18N4O5S/c1-12(27-14-8-6-13(7-9-14)20(23)24)17(22)19-11-10-18-15-4-2-3-5-16(15)21(25)26/h2-9,12,18H,10-11H2,1H3,(H,19,22)/t12-/m0/s1. The molecule has 0 aromatic heterocycles. The maximum atomic E-state index is 12.1. The number of nitrogens with one attached hydrogen (secondary N) is 2. The Morgan fingerprint density at radius 1 is 1.04 bits per heavy atom. The van der Waals surface area contributed by atoms with Gasteiger partial charge in [0.1, 0.15) is 5.69 Å². The lowest BCUT2D eigenvalue weighted by Crippen LogP contribution is -2.34. The molecule has 0 bridgehead atoms. The topological polar surface area (TPSA) is 127 Å². The molecule has 142 valence electrons. The van der Waals surface area contributed by atoms with Crippen LogP contribution in [0.3, 0.4) is 0 Å². The molecular formula is C17H18N4O5S. The number of para-hydroxylation sites is 2. The van der Waals surface area contributed by atoms with Gasteiger partial charge in [0.05, 0.1) is 15.1 Å². The van der Waals surface area contributed by atoms with Crippen LogP contribution in [-0.2, 0) is 4.79 Å². The molecular weight excluding hydrogens is 372 g/mol. The number of anilines is 1. The van der Waals surface area contributed by atoms with Crippen LogP contribution in [-0.4, -0.2) is 34.1 Å². The van der Waals surface area contributed by atoms with Crippen molar-refractivity contribution in [2.75, 3.05) is 18.4 Å². The van der Waals surface area contributed by atoms with Gasteiger partial charge in [-0.1, -0.05) is 12.1 Å². The third-order valence-corrected chi connectivity index (χ3v) is 4.68. The molecule has 0 saturated carbocycles. The van der Waals surface area contributed by atoms with E-state index in [1.54, 1.807) is 37.3 Å². The Kier molecular flexibility index (Phi) is 7.12. The molecule has 0 aliphatic heterocycles. The summed E-state index contributed by atoms with van der Waals surface area (Å²) < 4.78 is 0. The van der Waals surface area contributed by atoms with Crippen molar-refractivity contribution < 1.29 is 14.6 Å². The van der Waals surface area contributed by atoms with Crippen LogP contribution in [0.4, 0.5) is 17.1 Å². The summed E-state index contributed by atoms with van der Waals surface area (Å²) in [6.45, 7) is 2.37. The van der Waals surface area contributed by atoms with Crippen molar-refractivity contribution in [1.82, 2.24) is 5.32 Å². The Labute approximate surface area is 159 Å². The van der Waals surface area contributed by atoms with E-state index >= 15 is 0 Å². The Morgan fingerprint density at radius 2 is 1.70 bits per heavy atom. The van der Waals surface area contributed by atoms with E-state index in [0.717, 1.165) is 4.90 Å². The highest BCUT2D eigenvalue weighted by atomic mass is 32.2. The average Bonchev–Trinajstić information content (AvgIpc) is 2.65. The summed E-state index contributed by atoms with van der Waals surface area (Å²) in [5.74, 6) is -0.192. The van der Waals surface area contributed by atoms with Gasteiger partial charge in [0.25, 0.3) is 11.4 Å². The molecule has 0 unspecified atom stereocenters. The Morgan fingerprint density at radius 3 is 2.33 bits per heavy atom. The fourth-order valence-corrected chi connectivity index (χ4v) is 3.10. The second kappa shape index (κ2) is 9.53. The molecule has 0 heterocycles. The molecule has 0 spiro atoms. The van der Waals surface area contributed by atoms with Crippen molar-refractivity contribution in [3.8, 4) is 0 Å². The monoisotopic (exact) mass is 390 g/mol. The number of nitro groups is 2. The van der Waals surface area contributed by atoms with Crippen LogP contribution < -0.4 is 10.6 Å². The average molecular weight is 390 g/mol. The van der Waals surface area contributed by atoms with E-state index in [1.165, 1.54) is 30.0 Å². The summed E-state index contributed by atoms with van der Waals surface area (Å²) >= 11 is 1.29. The van der Waals surface area contributed by atoms with Gasteiger partial charge < -0.3 is 10.6 Å². The van der Waals surface area contributed by atoms with Crippen LogP contribution in [0.15, 0.2) is 53.4 Å². The molecule has 2 aromatic rings. The van der Waals surface area contributed by atoms with Crippen LogP contribution in [0.2, 0.25) is 0 Å². The molecule has 0 saturated heterocycles. The number of thioether (sulfide) groups is 1. The molecule has 2 rings (SSSR count). The first-order valence-corrected chi connectivity index (χ1v) is 8.92. The summed E-state index contributed by atoms with van der Waals surface area (Å²) in [7, 11) is 0. The van der Waals surface area contributed by atoms with Crippen LogP contribution in [0.1, 0.15) is 6.92 Å². The van der Waals surface area contributed by atoms with Crippen molar-refractivity contribution in [3.05, 3.63) is 68.8 Å². The first-order valence-electron chi connectivity index (χ1n) is 8.04. The second-order valence-corrected chi connectivity index (χ2v) is 6.92. The fraction of sp³-hybridized carbons (Fsp3) is 0.235. The van der Waals surface area contributed by atoms with E-state index in [9.17, 15) is 25.0 Å². The highest BCUT2D eigenvalue weighted by molar-refractivity contribution is 8.00. The van der Waals surface area contributed by atoms with Crippen LogP contribution in [0, 0.1) is 20.2 Å². The molecule has 27 heavy (non-hydrogen) atoms. The molecule has 1 amide bonds. The van der Waals surface area contributed by atoms with Crippen LogP contribution >= 0.6 is 11.8 Å². The predicted molar refractivity (Wildman–Crippen MR) is 103 cm³/mol. The molecule has 1 atom stereocenters. The Balaban J connectivity index is 1.78. The zero-order valence-electron chi connectivity index (χ0n) is 14.5. The Bertz CT molecular complexity index is 828. The number of rotatable bonds is 9. The lowest BCUT2D eigenvalue weighted by atomic mass is 10.2. The molecule has 9 nitrogen and oxygen atoms in total. The van der Waals surface area contributed by atoms with Gasteiger partial charge >= 0.3 is 0 Å². The van der Waals surface area contributed by atoms with Gasteiger partial charge in [0.2, 0.25) is 5.91 Å².